The Kier molecular flexibility index (Phi) is 5.24. The molecule has 7 nitrogen and oxygen atoms in total. The first-order chi connectivity index (χ1) is 11.0. The van der Waals surface area contributed by atoms with E-state index in [1.807, 2.05) is 0 Å². The van der Waals surface area contributed by atoms with Crippen LogP contribution in [0.2, 0.25) is 0 Å². The quantitative estimate of drug-likeness (QED) is 0.823. The molecule has 122 valence electrons. The van der Waals surface area contributed by atoms with Crippen LogP contribution >= 0.6 is 0 Å². The molecule has 0 bridgehead atoms. The minimum atomic E-state index is -0.621. The lowest BCUT2D eigenvalue weighted by Crippen LogP contribution is -2.21. The molecule has 0 atom stereocenters. The topological polar surface area (TPSA) is 87.0 Å². The van der Waals surface area contributed by atoms with Crippen molar-refractivity contribution in [1.29, 1.82) is 0 Å². The molecule has 0 spiro atoms. The van der Waals surface area contributed by atoms with Crippen LogP contribution in [0.15, 0.2) is 34.9 Å². The Balaban J connectivity index is 1.97. The molecule has 0 unspecified atom stereocenters. The highest BCUT2D eigenvalue weighted by atomic mass is 16.5. The third-order valence-corrected chi connectivity index (χ3v) is 3.09. The minimum Gasteiger partial charge on any atom is -0.497 e. The number of benzene rings is 1. The lowest BCUT2D eigenvalue weighted by molar-refractivity contribution is -0.119. The predicted octanol–water partition coefficient (Wildman–Crippen LogP) is 2.40. The summed E-state index contributed by atoms with van der Waals surface area (Å²) >= 11 is 0. The summed E-state index contributed by atoms with van der Waals surface area (Å²) in [6, 6.07) is 6.46. The zero-order chi connectivity index (χ0) is 16.8. The molecule has 1 aromatic carbocycles. The molecule has 1 heterocycles. The molecule has 2 rings (SSSR count). The molecule has 1 N–H and O–H groups in total. The van der Waals surface area contributed by atoms with Crippen LogP contribution in [0.1, 0.15) is 16.1 Å². The highest BCUT2D eigenvalue weighted by molar-refractivity contribution is 5.96. The molecular formula is C16H17NO6. The first-order valence-electron chi connectivity index (χ1n) is 6.78. The summed E-state index contributed by atoms with van der Waals surface area (Å²) in [4.78, 5) is 23.7. The summed E-state index contributed by atoms with van der Waals surface area (Å²) in [7, 11) is 3.00. The number of carbonyl (C=O) groups excluding carboxylic acids is 2. The van der Waals surface area contributed by atoms with E-state index in [0.29, 0.717) is 22.9 Å². The van der Waals surface area contributed by atoms with Gasteiger partial charge in [-0.1, -0.05) is 0 Å². The van der Waals surface area contributed by atoms with Crippen molar-refractivity contribution in [2.24, 2.45) is 0 Å². The second-order valence-corrected chi connectivity index (χ2v) is 4.58. The van der Waals surface area contributed by atoms with Crippen LogP contribution in [0.5, 0.6) is 11.5 Å². The van der Waals surface area contributed by atoms with Crippen LogP contribution in [-0.4, -0.2) is 32.7 Å². The normalized spacial score (nSPS) is 10.0. The summed E-state index contributed by atoms with van der Waals surface area (Å²) in [6.07, 6.45) is 1.38. The maximum atomic E-state index is 11.9. The second-order valence-electron chi connectivity index (χ2n) is 4.58. The van der Waals surface area contributed by atoms with Crippen LogP contribution in [0.4, 0.5) is 5.69 Å². The van der Waals surface area contributed by atoms with Crippen LogP contribution in [-0.2, 0) is 9.53 Å². The van der Waals surface area contributed by atoms with E-state index in [1.165, 1.54) is 26.5 Å². The highest BCUT2D eigenvalue weighted by Gasteiger charge is 2.15. The van der Waals surface area contributed by atoms with Gasteiger partial charge in [-0.15, -0.1) is 0 Å². The second kappa shape index (κ2) is 7.35. The smallest absolute Gasteiger partial charge is 0.342 e. The number of carbonyl (C=O) groups is 2. The maximum absolute atomic E-state index is 11.9. The van der Waals surface area contributed by atoms with E-state index < -0.39 is 18.5 Å². The van der Waals surface area contributed by atoms with Gasteiger partial charge in [0.05, 0.1) is 26.2 Å². The van der Waals surface area contributed by atoms with Gasteiger partial charge < -0.3 is 23.9 Å². The highest BCUT2D eigenvalue weighted by Crippen LogP contribution is 2.28. The third kappa shape index (κ3) is 4.03. The fourth-order valence-electron chi connectivity index (χ4n) is 1.90. The number of amides is 1. The number of esters is 1. The van der Waals surface area contributed by atoms with Gasteiger partial charge in [-0.2, -0.15) is 0 Å². The summed E-state index contributed by atoms with van der Waals surface area (Å²) in [5, 5.41) is 2.61. The molecule has 0 radical (unpaired) electrons. The molecule has 0 aliphatic heterocycles. The van der Waals surface area contributed by atoms with E-state index in [4.69, 9.17) is 18.6 Å². The molecule has 2 aromatic rings. The molecule has 0 aliphatic carbocycles. The van der Waals surface area contributed by atoms with Gasteiger partial charge in [0, 0.05) is 6.07 Å². The molecule has 1 aromatic heterocycles. The number of aryl methyl sites for hydroxylation is 1. The molecule has 0 aliphatic rings. The number of hydrogen-bond acceptors (Lipinski definition) is 6. The van der Waals surface area contributed by atoms with Crippen molar-refractivity contribution in [3.05, 3.63) is 41.9 Å². The van der Waals surface area contributed by atoms with Gasteiger partial charge in [-0.25, -0.2) is 4.79 Å². The number of methoxy groups -OCH3 is 2. The van der Waals surface area contributed by atoms with Crippen molar-refractivity contribution >= 4 is 17.6 Å². The standard InChI is InChI=1S/C16H17NO6/c1-10-12(6-7-22-10)16(19)23-9-15(18)17-13-8-11(20-2)4-5-14(13)21-3/h4-8H,9H2,1-3H3,(H,17,18). The van der Waals surface area contributed by atoms with E-state index in [2.05, 4.69) is 5.32 Å². The molecule has 23 heavy (non-hydrogen) atoms. The van der Waals surface area contributed by atoms with Crippen molar-refractivity contribution < 1.29 is 28.2 Å². The van der Waals surface area contributed by atoms with E-state index in [-0.39, 0.29) is 5.56 Å². The van der Waals surface area contributed by atoms with Gasteiger partial charge in [0.1, 0.15) is 22.8 Å². The van der Waals surface area contributed by atoms with Gasteiger partial charge in [0.2, 0.25) is 0 Å². The Morgan fingerprint density at radius 1 is 1.17 bits per heavy atom. The van der Waals surface area contributed by atoms with Crippen molar-refractivity contribution in [1.82, 2.24) is 0 Å². The number of rotatable bonds is 6. The summed E-state index contributed by atoms with van der Waals surface area (Å²) in [5.41, 5.74) is 0.712. The molecular weight excluding hydrogens is 302 g/mol. The number of furan rings is 1. The van der Waals surface area contributed by atoms with Crippen LogP contribution < -0.4 is 14.8 Å². The van der Waals surface area contributed by atoms with Gasteiger partial charge in [-0.3, -0.25) is 4.79 Å². The fourth-order valence-corrected chi connectivity index (χ4v) is 1.90. The Morgan fingerprint density at radius 3 is 2.57 bits per heavy atom. The summed E-state index contributed by atoms with van der Waals surface area (Å²) in [6.45, 7) is 1.21. The Labute approximate surface area is 133 Å². The first kappa shape index (κ1) is 16.4. The average Bonchev–Trinajstić information content (AvgIpc) is 2.98. The predicted molar refractivity (Wildman–Crippen MR) is 81.9 cm³/mol. The Morgan fingerprint density at radius 2 is 1.96 bits per heavy atom. The third-order valence-electron chi connectivity index (χ3n) is 3.09. The minimum absolute atomic E-state index is 0.289. The van der Waals surface area contributed by atoms with Crippen LogP contribution in [0, 0.1) is 6.92 Å². The SMILES string of the molecule is COc1ccc(OC)c(NC(=O)COC(=O)c2ccoc2C)c1. The molecule has 0 saturated heterocycles. The average molecular weight is 319 g/mol. The van der Waals surface area contributed by atoms with E-state index >= 15 is 0 Å². The molecule has 0 saturated carbocycles. The molecule has 0 fully saturated rings. The zero-order valence-electron chi connectivity index (χ0n) is 13.0. The van der Waals surface area contributed by atoms with Crippen molar-refractivity contribution in [2.45, 2.75) is 6.92 Å². The number of anilines is 1. The Hall–Kier alpha value is -2.96. The largest absolute Gasteiger partial charge is 0.497 e. The van der Waals surface area contributed by atoms with Gasteiger partial charge in [0.15, 0.2) is 6.61 Å². The molecule has 7 heteroatoms. The van der Waals surface area contributed by atoms with Crippen molar-refractivity contribution in [3.8, 4) is 11.5 Å². The first-order valence-corrected chi connectivity index (χ1v) is 6.78. The Bertz CT molecular complexity index is 706. The fraction of sp³-hybridized carbons (Fsp3) is 0.250. The van der Waals surface area contributed by atoms with E-state index in [9.17, 15) is 9.59 Å². The van der Waals surface area contributed by atoms with Gasteiger partial charge in [-0.05, 0) is 25.1 Å². The summed E-state index contributed by atoms with van der Waals surface area (Å²) < 4.78 is 20.2. The van der Waals surface area contributed by atoms with E-state index in [1.54, 1.807) is 25.1 Å². The van der Waals surface area contributed by atoms with Crippen molar-refractivity contribution in [3.63, 3.8) is 0 Å². The van der Waals surface area contributed by atoms with Gasteiger partial charge >= 0.3 is 5.97 Å². The number of ether oxygens (including phenoxy) is 3. The maximum Gasteiger partial charge on any atom is 0.342 e. The molecule has 1 amide bonds. The van der Waals surface area contributed by atoms with Crippen molar-refractivity contribution in [2.75, 3.05) is 26.1 Å². The zero-order valence-corrected chi connectivity index (χ0v) is 13.0. The summed E-state index contributed by atoms with van der Waals surface area (Å²) in [5.74, 6) is 0.350. The van der Waals surface area contributed by atoms with Crippen LogP contribution in [0.3, 0.4) is 0 Å². The monoisotopic (exact) mass is 319 g/mol. The number of nitrogens with one attached hydrogen (secondary N) is 1. The van der Waals surface area contributed by atoms with Gasteiger partial charge in [0.25, 0.3) is 5.91 Å². The lowest BCUT2D eigenvalue weighted by atomic mass is 10.2. The van der Waals surface area contributed by atoms with Crippen LogP contribution in [0.25, 0.3) is 0 Å². The number of hydrogen-bond donors (Lipinski definition) is 1. The van der Waals surface area contributed by atoms with E-state index in [0.717, 1.165) is 0 Å². The lowest BCUT2D eigenvalue weighted by Gasteiger charge is -2.11.